The van der Waals surface area contributed by atoms with E-state index in [9.17, 15) is 0 Å². The molecule has 0 spiro atoms. The lowest BCUT2D eigenvalue weighted by Gasteiger charge is -2.04. The molecule has 2 heterocycles. The van der Waals surface area contributed by atoms with Crippen LogP contribution in [0.5, 0.6) is 0 Å². The van der Waals surface area contributed by atoms with Crippen LogP contribution in [0.1, 0.15) is 17.0 Å². The van der Waals surface area contributed by atoms with E-state index in [1.54, 1.807) is 6.20 Å². The lowest BCUT2D eigenvalue weighted by atomic mass is 10.1. The van der Waals surface area contributed by atoms with Gasteiger partial charge in [-0.05, 0) is 37.5 Å². The first kappa shape index (κ1) is 12.9. The second-order valence-corrected chi connectivity index (χ2v) is 5.21. The summed E-state index contributed by atoms with van der Waals surface area (Å²) < 4.78 is 1.89. The van der Waals surface area contributed by atoms with Crippen molar-refractivity contribution in [1.29, 1.82) is 0 Å². The Morgan fingerprint density at radius 1 is 1.20 bits per heavy atom. The first-order chi connectivity index (χ1) is 9.65. The Kier molecular flexibility index (Phi) is 3.32. The van der Waals surface area contributed by atoms with Crippen molar-refractivity contribution >= 4 is 23.1 Å². The summed E-state index contributed by atoms with van der Waals surface area (Å²) in [6.07, 6.45) is 5.33. The quantitative estimate of drug-likeness (QED) is 0.805. The average Bonchev–Trinajstić information content (AvgIpc) is 2.75. The van der Waals surface area contributed by atoms with E-state index in [1.807, 2.05) is 41.8 Å². The number of aromatic nitrogens is 3. The maximum atomic E-state index is 5.99. The zero-order valence-electron chi connectivity index (χ0n) is 11.2. The SMILES string of the molecule is Cc1nc2c(CCc3ccc(Cl)cc3)nccn2c1N. The van der Waals surface area contributed by atoms with Crippen molar-refractivity contribution in [3.63, 3.8) is 0 Å². The van der Waals surface area contributed by atoms with Crippen molar-refractivity contribution in [2.75, 3.05) is 5.73 Å². The van der Waals surface area contributed by atoms with Gasteiger partial charge in [0.1, 0.15) is 5.82 Å². The summed E-state index contributed by atoms with van der Waals surface area (Å²) in [5.41, 5.74) is 9.86. The van der Waals surface area contributed by atoms with E-state index in [1.165, 1.54) is 5.56 Å². The third-order valence-corrected chi connectivity index (χ3v) is 3.65. The standard InChI is InChI=1S/C15H15ClN4/c1-10-14(17)20-9-8-18-13(15(20)19-10)7-4-11-2-5-12(16)6-3-11/h2-3,5-6,8-9H,4,7,17H2,1H3. The number of nitrogens with two attached hydrogens (primary N) is 1. The Morgan fingerprint density at radius 2 is 1.95 bits per heavy atom. The molecule has 0 saturated carbocycles. The minimum atomic E-state index is 0.676. The van der Waals surface area contributed by atoms with Crippen LogP contribution >= 0.6 is 11.6 Å². The largest absolute Gasteiger partial charge is 0.383 e. The molecular weight excluding hydrogens is 272 g/mol. The van der Waals surface area contributed by atoms with E-state index < -0.39 is 0 Å². The summed E-state index contributed by atoms with van der Waals surface area (Å²) in [5, 5.41) is 0.755. The number of hydrogen-bond donors (Lipinski definition) is 1. The van der Waals surface area contributed by atoms with Gasteiger partial charge in [-0.3, -0.25) is 9.38 Å². The second kappa shape index (κ2) is 5.13. The van der Waals surface area contributed by atoms with Crippen LogP contribution in [0.3, 0.4) is 0 Å². The molecule has 0 amide bonds. The summed E-state index contributed by atoms with van der Waals surface area (Å²) in [5.74, 6) is 0.676. The van der Waals surface area contributed by atoms with Gasteiger partial charge in [-0.25, -0.2) is 4.98 Å². The van der Waals surface area contributed by atoms with Gasteiger partial charge < -0.3 is 5.73 Å². The Morgan fingerprint density at radius 3 is 2.70 bits per heavy atom. The van der Waals surface area contributed by atoms with Crippen molar-refractivity contribution in [1.82, 2.24) is 14.4 Å². The molecule has 1 aromatic carbocycles. The van der Waals surface area contributed by atoms with Crippen LogP contribution < -0.4 is 5.73 Å². The fourth-order valence-corrected chi connectivity index (χ4v) is 2.38. The highest BCUT2D eigenvalue weighted by Crippen LogP contribution is 2.17. The van der Waals surface area contributed by atoms with Crippen molar-refractivity contribution in [2.45, 2.75) is 19.8 Å². The highest BCUT2D eigenvalue weighted by molar-refractivity contribution is 6.30. The topological polar surface area (TPSA) is 56.2 Å². The number of aryl methyl sites for hydroxylation is 3. The lowest BCUT2D eigenvalue weighted by molar-refractivity contribution is 0.902. The van der Waals surface area contributed by atoms with Crippen LogP contribution in [0.4, 0.5) is 5.82 Å². The number of halogens is 1. The van der Waals surface area contributed by atoms with Crippen molar-refractivity contribution in [3.8, 4) is 0 Å². The van der Waals surface area contributed by atoms with Crippen molar-refractivity contribution in [3.05, 3.63) is 58.6 Å². The fraction of sp³-hybridized carbons (Fsp3) is 0.200. The zero-order chi connectivity index (χ0) is 14.1. The number of imidazole rings is 1. The molecule has 2 N–H and O–H groups in total. The molecule has 0 aliphatic rings. The van der Waals surface area contributed by atoms with E-state index in [-0.39, 0.29) is 0 Å². The molecule has 0 saturated heterocycles. The Hall–Kier alpha value is -2.07. The first-order valence-electron chi connectivity index (χ1n) is 6.47. The van der Waals surface area contributed by atoms with Gasteiger partial charge in [0.2, 0.25) is 0 Å². The van der Waals surface area contributed by atoms with Crippen LogP contribution in [0.2, 0.25) is 5.02 Å². The summed E-state index contributed by atoms with van der Waals surface area (Å²) in [6.45, 7) is 1.91. The molecule has 0 radical (unpaired) electrons. The van der Waals surface area contributed by atoms with Gasteiger partial charge in [-0.2, -0.15) is 0 Å². The molecule has 0 bridgehead atoms. The van der Waals surface area contributed by atoms with Gasteiger partial charge in [0.05, 0.1) is 11.4 Å². The van der Waals surface area contributed by atoms with Crippen LogP contribution in [0.15, 0.2) is 36.7 Å². The lowest BCUT2D eigenvalue weighted by Crippen LogP contribution is -2.00. The highest BCUT2D eigenvalue weighted by atomic mass is 35.5. The Bertz CT molecular complexity index is 746. The maximum Gasteiger partial charge on any atom is 0.160 e. The normalized spacial score (nSPS) is 11.1. The van der Waals surface area contributed by atoms with Crippen LogP contribution in [0.25, 0.3) is 5.65 Å². The predicted molar refractivity (Wildman–Crippen MR) is 81.0 cm³/mol. The molecule has 0 fully saturated rings. The van der Waals surface area contributed by atoms with Gasteiger partial charge >= 0.3 is 0 Å². The molecule has 2 aromatic heterocycles. The third kappa shape index (κ3) is 2.34. The van der Waals surface area contributed by atoms with Gasteiger partial charge in [-0.1, -0.05) is 23.7 Å². The summed E-state index contributed by atoms with van der Waals surface area (Å²) >= 11 is 5.89. The Labute approximate surface area is 122 Å². The summed E-state index contributed by atoms with van der Waals surface area (Å²) in [7, 11) is 0. The molecule has 0 aliphatic heterocycles. The summed E-state index contributed by atoms with van der Waals surface area (Å²) in [6, 6.07) is 7.88. The highest BCUT2D eigenvalue weighted by Gasteiger charge is 2.10. The van der Waals surface area contributed by atoms with Crippen molar-refractivity contribution in [2.24, 2.45) is 0 Å². The first-order valence-corrected chi connectivity index (χ1v) is 6.85. The van der Waals surface area contributed by atoms with Crippen molar-refractivity contribution < 1.29 is 0 Å². The maximum absolute atomic E-state index is 5.99. The average molecular weight is 287 g/mol. The molecule has 0 aliphatic carbocycles. The third-order valence-electron chi connectivity index (χ3n) is 3.40. The van der Waals surface area contributed by atoms with Crippen LogP contribution in [-0.2, 0) is 12.8 Å². The van der Waals surface area contributed by atoms with Gasteiger partial charge in [0, 0.05) is 17.4 Å². The number of rotatable bonds is 3. The monoisotopic (exact) mass is 286 g/mol. The number of nitrogens with zero attached hydrogens (tertiary/aromatic N) is 3. The van der Waals surface area contributed by atoms with E-state index in [4.69, 9.17) is 17.3 Å². The fourth-order valence-electron chi connectivity index (χ4n) is 2.25. The predicted octanol–water partition coefficient (Wildman–Crippen LogP) is 3.06. The molecule has 0 atom stereocenters. The van der Waals surface area contributed by atoms with Crippen LogP contribution in [-0.4, -0.2) is 14.4 Å². The molecule has 5 heteroatoms. The number of hydrogen-bond acceptors (Lipinski definition) is 3. The number of fused-ring (bicyclic) bond motifs is 1. The van der Waals surface area contributed by atoms with E-state index in [0.717, 1.165) is 34.9 Å². The van der Waals surface area contributed by atoms with E-state index in [0.29, 0.717) is 5.82 Å². The smallest absolute Gasteiger partial charge is 0.160 e. The van der Waals surface area contributed by atoms with Gasteiger partial charge in [0.25, 0.3) is 0 Å². The van der Waals surface area contributed by atoms with E-state index in [2.05, 4.69) is 9.97 Å². The molecule has 102 valence electrons. The van der Waals surface area contributed by atoms with Gasteiger partial charge in [0.15, 0.2) is 5.65 Å². The Balaban J connectivity index is 1.87. The number of benzene rings is 1. The molecular formula is C15H15ClN4. The number of anilines is 1. The van der Waals surface area contributed by atoms with E-state index >= 15 is 0 Å². The summed E-state index contributed by atoms with van der Waals surface area (Å²) in [4.78, 5) is 8.92. The minimum Gasteiger partial charge on any atom is -0.383 e. The zero-order valence-corrected chi connectivity index (χ0v) is 11.9. The van der Waals surface area contributed by atoms with Crippen LogP contribution in [0, 0.1) is 6.92 Å². The molecule has 0 unspecified atom stereocenters. The minimum absolute atomic E-state index is 0.676. The molecule has 20 heavy (non-hydrogen) atoms. The molecule has 3 rings (SSSR count). The van der Waals surface area contributed by atoms with Gasteiger partial charge in [-0.15, -0.1) is 0 Å². The molecule has 3 aromatic rings. The number of nitrogen functional groups attached to an aromatic ring is 1. The molecule has 4 nitrogen and oxygen atoms in total. The second-order valence-electron chi connectivity index (χ2n) is 4.78.